The Balaban J connectivity index is 1.35. The molecule has 1 aliphatic heterocycles. The number of rotatable bonds is 3. The molecule has 130 valence electrons. The molecule has 1 saturated heterocycles. The van der Waals surface area contributed by atoms with E-state index in [2.05, 4.69) is 15.5 Å². The molecule has 0 bridgehead atoms. The minimum atomic E-state index is -0.498. The third kappa shape index (κ3) is 3.47. The van der Waals surface area contributed by atoms with Gasteiger partial charge >= 0.3 is 11.8 Å². The van der Waals surface area contributed by atoms with Crippen LogP contribution in [-0.2, 0) is 9.59 Å². The standard InChI is InChI=1S/C17H19N5O3/c23-14(18-13-6-7-13)16(24)21-8-10-22(11-9-21)17-19-15(25-20-17)12-4-2-1-3-5-12/h1-5,13H,6-11H2,(H,18,23). The molecule has 8 heteroatoms. The lowest BCUT2D eigenvalue weighted by molar-refractivity contribution is -0.146. The fourth-order valence-corrected chi connectivity index (χ4v) is 2.77. The third-order valence-corrected chi connectivity index (χ3v) is 4.39. The van der Waals surface area contributed by atoms with E-state index in [9.17, 15) is 9.59 Å². The Morgan fingerprint density at radius 2 is 1.80 bits per heavy atom. The summed E-state index contributed by atoms with van der Waals surface area (Å²) in [4.78, 5) is 31.9. The van der Waals surface area contributed by atoms with Crippen molar-refractivity contribution < 1.29 is 14.1 Å². The van der Waals surface area contributed by atoms with Crippen molar-refractivity contribution in [2.45, 2.75) is 18.9 Å². The predicted octanol–water partition coefficient (Wildman–Crippen LogP) is 0.664. The maximum Gasteiger partial charge on any atom is 0.312 e. The van der Waals surface area contributed by atoms with Crippen molar-refractivity contribution in [1.29, 1.82) is 0 Å². The molecule has 2 amide bonds. The van der Waals surface area contributed by atoms with Crippen molar-refractivity contribution in [3.05, 3.63) is 30.3 Å². The van der Waals surface area contributed by atoms with Gasteiger partial charge in [-0.05, 0) is 30.1 Å². The van der Waals surface area contributed by atoms with Crippen LogP contribution in [0.3, 0.4) is 0 Å². The Labute approximate surface area is 144 Å². The van der Waals surface area contributed by atoms with Gasteiger partial charge in [0.2, 0.25) is 0 Å². The van der Waals surface area contributed by atoms with Crippen LogP contribution < -0.4 is 10.2 Å². The zero-order valence-electron chi connectivity index (χ0n) is 13.7. The third-order valence-electron chi connectivity index (χ3n) is 4.39. The van der Waals surface area contributed by atoms with Crippen LogP contribution in [-0.4, -0.2) is 59.1 Å². The lowest BCUT2D eigenvalue weighted by Crippen LogP contribution is -2.53. The maximum absolute atomic E-state index is 12.1. The molecular weight excluding hydrogens is 322 g/mol. The fraction of sp³-hybridized carbons (Fsp3) is 0.412. The molecule has 0 atom stereocenters. The largest absolute Gasteiger partial charge is 0.345 e. The molecule has 2 aliphatic rings. The molecule has 8 nitrogen and oxygen atoms in total. The van der Waals surface area contributed by atoms with E-state index in [4.69, 9.17) is 4.52 Å². The maximum atomic E-state index is 12.1. The van der Waals surface area contributed by atoms with E-state index >= 15 is 0 Å². The van der Waals surface area contributed by atoms with Gasteiger partial charge in [-0.1, -0.05) is 18.2 Å². The number of anilines is 1. The Kier molecular flexibility index (Phi) is 4.09. The summed E-state index contributed by atoms with van der Waals surface area (Å²) < 4.78 is 5.32. The highest BCUT2D eigenvalue weighted by Gasteiger charge is 2.31. The molecule has 1 aromatic carbocycles. The lowest BCUT2D eigenvalue weighted by atomic mass is 10.2. The van der Waals surface area contributed by atoms with Crippen LogP contribution in [0.4, 0.5) is 5.95 Å². The Bertz CT molecular complexity index is 764. The van der Waals surface area contributed by atoms with Crippen LogP contribution in [0, 0.1) is 0 Å². The number of piperazine rings is 1. The van der Waals surface area contributed by atoms with Crippen LogP contribution in [0.5, 0.6) is 0 Å². The number of carbonyl (C=O) groups excluding carboxylic acids is 2. The topological polar surface area (TPSA) is 91.6 Å². The summed E-state index contributed by atoms with van der Waals surface area (Å²) in [6.07, 6.45) is 1.93. The molecule has 2 fully saturated rings. The van der Waals surface area contributed by atoms with Gasteiger partial charge in [0.25, 0.3) is 11.8 Å². The number of aromatic nitrogens is 2. The summed E-state index contributed by atoms with van der Waals surface area (Å²) in [6.45, 7) is 2.06. The summed E-state index contributed by atoms with van der Waals surface area (Å²) in [7, 11) is 0. The zero-order valence-corrected chi connectivity index (χ0v) is 13.7. The minimum Gasteiger partial charge on any atom is -0.345 e. The van der Waals surface area contributed by atoms with Crippen molar-refractivity contribution in [3.63, 3.8) is 0 Å². The molecule has 2 aromatic rings. The first kappa shape index (κ1) is 15.6. The first-order valence-electron chi connectivity index (χ1n) is 8.44. The molecule has 25 heavy (non-hydrogen) atoms. The number of nitrogens with zero attached hydrogens (tertiary/aromatic N) is 4. The average molecular weight is 341 g/mol. The second kappa shape index (κ2) is 6.54. The normalized spacial score (nSPS) is 17.4. The Morgan fingerprint density at radius 1 is 1.08 bits per heavy atom. The minimum absolute atomic E-state index is 0.188. The SMILES string of the molecule is O=C(NC1CC1)C(=O)N1CCN(c2noc(-c3ccccc3)n2)CC1. The van der Waals surface area contributed by atoms with Gasteiger partial charge in [0.05, 0.1) is 0 Å². The lowest BCUT2D eigenvalue weighted by Gasteiger charge is -2.33. The first-order chi connectivity index (χ1) is 12.2. The molecule has 4 rings (SSSR count). The number of hydrogen-bond acceptors (Lipinski definition) is 6. The molecule has 1 aromatic heterocycles. The average Bonchev–Trinajstić information content (AvgIpc) is 3.34. The van der Waals surface area contributed by atoms with Gasteiger partial charge in [0, 0.05) is 37.8 Å². The monoisotopic (exact) mass is 341 g/mol. The molecule has 1 N–H and O–H groups in total. The highest BCUT2D eigenvalue weighted by Crippen LogP contribution is 2.21. The van der Waals surface area contributed by atoms with Crippen LogP contribution in [0.2, 0.25) is 0 Å². The van der Waals surface area contributed by atoms with Gasteiger partial charge in [0.1, 0.15) is 0 Å². The van der Waals surface area contributed by atoms with E-state index in [1.54, 1.807) is 4.90 Å². The molecule has 0 radical (unpaired) electrons. The van der Waals surface area contributed by atoms with Crippen LogP contribution in [0.15, 0.2) is 34.9 Å². The van der Waals surface area contributed by atoms with Gasteiger partial charge in [-0.15, -0.1) is 0 Å². The van der Waals surface area contributed by atoms with Crippen LogP contribution >= 0.6 is 0 Å². The number of carbonyl (C=O) groups is 2. The molecule has 2 heterocycles. The van der Waals surface area contributed by atoms with Gasteiger partial charge < -0.3 is 19.6 Å². The number of amides is 2. The van der Waals surface area contributed by atoms with Crippen LogP contribution in [0.1, 0.15) is 12.8 Å². The fourth-order valence-electron chi connectivity index (χ4n) is 2.77. The van der Waals surface area contributed by atoms with E-state index < -0.39 is 11.8 Å². The van der Waals surface area contributed by atoms with E-state index in [1.165, 1.54) is 0 Å². The van der Waals surface area contributed by atoms with Crippen molar-refractivity contribution >= 4 is 17.8 Å². The molecular formula is C17H19N5O3. The van der Waals surface area contributed by atoms with Gasteiger partial charge in [-0.25, -0.2) is 0 Å². The zero-order chi connectivity index (χ0) is 17.2. The summed E-state index contributed by atoms with van der Waals surface area (Å²) in [5.74, 6) is 0.0258. The second-order valence-electron chi connectivity index (χ2n) is 6.29. The van der Waals surface area contributed by atoms with E-state index in [-0.39, 0.29) is 6.04 Å². The Morgan fingerprint density at radius 3 is 2.48 bits per heavy atom. The molecule has 1 saturated carbocycles. The number of nitrogens with one attached hydrogen (secondary N) is 1. The van der Waals surface area contributed by atoms with Gasteiger partial charge in [-0.2, -0.15) is 4.98 Å². The highest BCUT2D eigenvalue weighted by molar-refractivity contribution is 6.35. The van der Waals surface area contributed by atoms with Crippen molar-refractivity contribution in [2.24, 2.45) is 0 Å². The van der Waals surface area contributed by atoms with E-state index in [1.807, 2.05) is 35.2 Å². The molecule has 0 spiro atoms. The Hall–Kier alpha value is -2.90. The summed E-state index contributed by atoms with van der Waals surface area (Å²) in [5.41, 5.74) is 0.867. The van der Waals surface area contributed by atoms with Crippen molar-refractivity contribution in [3.8, 4) is 11.5 Å². The van der Waals surface area contributed by atoms with E-state index in [0.717, 1.165) is 18.4 Å². The predicted molar refractivity (Wildman–Crippen MR) is 89.7 cm³/mol. The second-order valence-corrected chi connectivity index (χ2v) is 6.29. The van der Waals surface area contributed by atoms with E-state index in [0.29, 0.717) is 38.0 Å². The smallest absolute Gasteiger partial charge is 0.312 e. The first-order valence-corrected chi connectivity index (χ1v) is 8.44. The summed E-state index contributed by atoms with van der Waals surface area (Å²) >= 11 is 0. The van der Waals surface area contributed by atoms with Gasteiger partial charge in [-0.3, -0.25) is 9.59 Å². The molecule has 0 unspecified atom stereocenters. The number of benzene rings is 1. The van der Waals surface area contributed by atoms with Crippen molar-refractivity contribution in [1.82, 2.24) is 20.4 Å². The summed E-state index contributed by atoms with van der Waals surface area (Å²) in [5, 5.41) is 6.76. The molecule has 1 aliphatic carbocycles. The number of hydrogen-bond donors (Lipinski definition) is 1. The van der Waals surface area contributed by atoms with Gasteiger partial charge in [0.15, 0.2) is 0 Å². The quantitative estimate of drug-likeness (QED) is 0.825. The summed E-state index contributed by atoms with van der Waals surface area (Å²) in [6, 6.07) is 9.76. The van der Waals surface area contributed by atoms with Crippen LogP contribution in [0.25, 0.3) is 11.5 Å². The van der Waals surface area contributed by atoms with Crippen molar-refractivity contribution in [2.75, 3.05) is 31.1 Å². The highest BCUT2D eigenvalue weighted by atomic mass is 16.5.